The van der Waals surface area contributed by atoms with Crippen LogP contribution in [0.5, 0.6) is 0 Å². The molecule has 1 aliphatic carbocycles. The number of fused-ring (bicyclic) bond motifs is 1. The predicted octanol–water partition coefficient (Wildman–Crippen LogP) is 2.24. The van der Waals surface area contributed by atoms with Crippen molar-refractivity contribution in [2.24, 2.45) is 0 Å². The van der Waals surface area contributed by atoms with Gasteiger partial charge in [0.2, 0.25) is 0 Å². The zero-order valence-corrected chi connectivity index (χ0v) is 15.5. The van der Waals surface area contributed by atoms with Crippen molar-refractivity contribution >= 4 is 22.6 Å². The Morgan fingerprint density at radius 1 is 1.19 bits per heavy atom. The second kappa shape index (κ2) is 8.79. The molecule has 0 bridgehead atoms. The average Bonchev–Trinajstić information content (AvgIpc) is 2.93. The first-order chi connectivity index (χ1) is 13.0. The Morgan fingerprint density at radius 2 is 1.85 bits per heavy atom. The highest BCUT2D eigenvalue weighted by Gasteiger charge is 2.22. The Balaban J connectivity index is 1.59. The molecule has 0 spiro atoms. The van der Waals surface area contributed by atoms with Crippen LogP contribution in [0.4, 0.5) is 0 Å². The van der Waals surface area contributed by atoms with Crippen LogP contribution in [0.25, 0.3) is 10.8 Å². The molecule has 7 nitrogen and oxygen atoms in total. The number of hydrogen-bond acceptors (Lipinski definition) is 5. The van der Waals surface area contributed by atoms with E-state index < -0.39 is 12.1 Å². The summed E-state index contributed by atoms with van der Waals surface area (Å²) in [6, 6.07) is 7.10. The van der Waals surface area contributed by atoms with E-state index in [4.69, 9.17) is 4.74 Å². The highest BCUT2D eigenvalue weighted by molar-refractivity contribution is 5.88. The highest BCUT2D eigenvalue weighted by Crippen LogP contribution is 2.17. The number of H-pyrrole nitrogens is 1. The fourth-order valence-electron chi connectivity index (χ4n) is 3.48. The van der Waals surface area contributed by atoms with Crippen LogP contribution in [0.3, 0.4) is 0 Å². The van der Waals surface area contributed by atoms with Gasteiger partial charge in [0.15, 0.2) is 6.10 Å². The van der Waals surface area contributed by atoms with Crippen LogP contribution < -0.4 is 10.9 Å². The topological polar surface area (TPSA) is 101 Å². The second-order valence-corrected chi connectivity index (χ2v) is 7.05. The number of esters is 1. The lowest BCUT2D eigenvalue weighted by molar-refractivity contribution is -0.154. The SMILES string of the molecule is C[C@H](OC(=O)Cc1n[nH]c(=O)c2ccccc12)C(=O)NC1CCCCCC1. The number of amides is 1. The van der Waals surface area contributed by atoms with Crippen molar-refractivity contribution in [3.05, 3.63) is 40.3 Å². The van der Waals surface area contributed by atoms with E-state index in [0.29, 0.717) is 16.5 Å². The molecule has 1 fully saturated rings. The number of benzene rings is 1. The summed E-state index contributed by atoms with van der Waals surface area (Å²) in [6.07, 6.45) is 5.61. The molecule has 0 unspecified atom stereocenters. The number of nitrogens with zero attached hydrogens (tertiary/aromatic N) is 1. The van der Waals surface area contributed by atoms with Crippen molar-refractivity contribution in [3.8, 4) is 0 Å². The molecule has 1 heterocycles. The van der Waals surface area contributed by atoms with Crippen molar-refractivity contribution in [1.29, 1.82) is 0 Å². The third-order valence-electron chi connectivity index (χ3n) is 4.97. The van der Waals surface area contributed by atoms with Crippen molar-refractivity contribution in [2.45, 2.75) is 64.0 Å². The Kier molecular flexibility index (Phi) is 6.21. The van der Waals surface area contributed by atoms with E-state index in [9.17, 15) is 14.4 Å². The Bertz CT molecular complexity index is 869. The molecule has 1 saturated carbocycles. The summed E-state index contributed by atoms with van der Waals surface area (Å²) in [5.74, 6) is -0.822. The molecule has 1 aliphatic rings. The number of aromatic nitrogens is 2. The minimum atomic E-state index is -0.866. The van der Waals surface area contributed by atoms with Gasteiger partial charge >= 0.3 is 5.97 Å². The van der Waals surface area contributed by atoms with Gasteiger partial charge in [0.05, 0.1) is 17.5 Å². The largest absolute Gasteiger partial charge is 0.452 e. The van der Waals surface area contributed by atoms with Gasteiger partial charge < -0.3 is 10.1 Å². The van der Waals surface area contributed by atoms with Crippen LogP contribution in [-0.2, 0) is 20.7 Å². The average molecular weight is 371 g/mol. The fourth-order valence-corrected chi connectivity index (χ4v) is 3.48. The van der Waals surface area contributed by atoms with Crippen LogP contribution in [0.2, 0.25) is 0 Å². The molecule has 2 aromatic rings. The van der Waals surface area contributed by atoms with Gasteiger partial charge in [0.25, 0.3) is 11.5 Å². The first-order valence-electron chi connectivity index (χ1n) is 9.51. The molecule has 0 radical (unpaired) electrons. The predicted molar refractivity (Wildman–Crippen MR) is 101 cm³/mol. The van der Waals surface area contributed by atoms with Gasteiger partial charge in [-0.2, -0.15) is 5.10 Å². The lowest BCUT2D eigenvalue weighted by atomic mass is 10.1. The van der Waals surface area contributed by atoms with Crippen LogP contribution in [-0.4, -0.2) is 34.2 Å². The fraction of sp³-hybridized carbons (Fsp3) is 0.500. The van der Waals surface area contributed by atoms with E-state index in [1.54, 1.807) is 31.2 Å². The maximum Gasteiger partial charge on any atom is 0.312 e. The number of carbonyl (C=O) groups is 2. The maximum atomic E-state index is 12.3. The molecular formula is C20H25N3O4. The standard InChI is InChI=1S/C20H25N3O4/c1-13(19(25)21-14-8-4-2-3-5-9-14)27-18(24)12-17-15-10-6-7-11-16(15)20(26)23-22-17/h6-7,10-11,13-14H,2-5,8-9,12H2,1H3,(H,21,25)(H,23,26)/t13-/m0/s1. The van der Waals surface area contributed by atoms with E-state index in [1.165, 1.54) is 12.8 Å². The smallest absolute Gasteiger partial charge is 0.312 e. The van der Waals surface area contributed by atoms with E-state index in [0.717, 1.165) is 25.7 Å². The van der Waals surface area contributed by atoms with E-state index in [1.807, 2.05) is 0 Å². The second-order valence-electron chi connectivity index (χ2n) is 7.05. The van der Waals surface area contributed by atoms with Gasteiger partial charge in [-0.3, -0.25) is 14.4 Å². The van der Waals surface area contributed by atoms with Crippen LogP contribution in [0.15, 0.2) is 29.1 Å². The normalized spacial score (nSPS) is 16.5. The van der Waals surface area contributed by atoms with Gasteiger partial charge in [-0.15, -0.1) is 0 Å². The molecule has 0 aliphatic heterocycles. The first kappa shape index (κ1) is 19.1. The van der Waals surface area contributed by atoms with Gasteiger partial charge in [-0.05, 0) is 25.8 Å². The van der Waals surface area contributed by atoms with Crippen molar-refractivity contribution in [2.75, 3.05) is 0 Å². The minimum absolute atomic E-state index is 0.113. The molecule has 3 rings (SSSR count). The van der Waals surface area contributed by atoms with E-state index in [-0.39, 0.29) is 23.9 Å². The Labute approximate surface area is 157 Å². The molecule has 1 amide bonds. The van der Waals surface area contributed by atoms with E-state index in [2.05, 4.69) is 15.5 Å². The first-order valence-corrected chi connectivity index (χ1v) is 9.51. The van der Waals surface area contributed by atoms with Crippen molar-refractivity contribution < 1.29 is 14.3 Å². The Hall–Kier alpha value is -2.70. The minimum Gasteiger partial charge on any atom is -0.452 e. The Morgan fingerprint density at radius 3 is 2.56 bits per heavy atom. The van der Waals surface area contributed by atoms with E-state index >= 15 is 0 Å². The molecule has 0 saturated heterocycles. The number of aromatic amines is 1. The molecule has 27 heavy (non-hydrogen) atoms. The summed E-state index contributed by atoms with van der Waals surface area (Å²) >= 11 is 0. The summed E-state index contributed by atoms with van der Waals surface area (Å²) in [5, 5.41) is 10.4. The summed E-state index contributed by atoms with van der Waals surface area (Å²) in [7, 11) is 0. The summed E-state index contributed by atoms with van der Waals surface area (Å²) in [4.78, 5) is 36.4. The lowest BCUT2D eigenvalue weighted by Crippen LogP contribution is -2.42. The third kappa shape index (κ3) is 4.93. The molecular weight excluding hydrogens is 346 g/mol. The monoisotopic (exact) mass is 371 g/mol. The molecule has 1 aromatic carbocycles. The van der Waals surface area contributed by atoms with Crippen molar-refractivity contribution in [3.63, 3.8) is 0 Å². The molecule has 7 heteroatoms. The maximum absolute atomic E-state index is 12.3. The quantitative estimate of drug-likeness (QED) is 0.620. The number of ether oxygens (including phenoxy) is 1. The third-order valence-corrected chi connectivity index (χ3v) is 4.97. The summed E-state index contributed by atoms with van der Waals surface area (Å²) in [5.41, 5.74) is 0.116. The summed E-state index contributed by atoms with van der Waals surface area (Å²) in [6.45, 7) is 1.57. The van der Waals surface area contributed by atoms with Crippen LogP contribution >= 0.6 is 0 Å². The highest BCUT2D eigenvalue weighted by atomic mass is 16.5. The zero-order valence-electron chi connectivity index (χ0n) is 15.5. The van der Waals surface area contributed by atoms with Gasteiger partial charge in [0, 0.05) is 11.4 Å². The molecule has 1 aromatic heterocycles. The van der Waals surface area contributed by atoms with Crippen LogP contribution in [0, 0.1) is 0 Å². The molecule has 1 atom stereocenters. The number of rotatable bonds is 5. The molecule has 144 valence electrons. The summed E-state index contributed by atoms with van der Waals surface area (Å²) < 4.78 is 5.29. The van der Waals surface area contributed by atoms with Gasteiger partial charge in [-0.1, -0.05) is 43.9 Å². The van der Waals surface area contributed by atoms with Gasteiger partial charge in [-0.25, -0.2) is 5.10 Å². The van der Waals surface area contributed by atoms with Crippen LogP contribution in [0.1, 0.15) is 51.1 Å². The lowest BCUT2D eigenvalue weighted by Gasteiger charge is -2.19. The van der Waals surface area contributed by atoms with Gasteiger partial charge in [0.1, 0.15) is 0 Å². The number of nitrogens with one attached hydrogen (secondary N) is 2. The number of carbonyl (C=O) groups excluding carboxylic acids is 2. The van der Waals surface area contributed by atoms with Crippen molar-refractivity contribution in [1.82, 2.24) is 15.5 Å². The zero-order chi connectivity index (χ0) is 19.2. The molecule has 2 N–H and O–H groups in total. The number of hydrogen-bond donors (Lipinski definition) is 2.